The van der Waals surface area contributed by atoms with E-state index in [4.69, 9.17) is 17.3 Å². The molecule has 0 aliphatic carbocycles. The fourth-order valence-electron chi connectivity index (χ4n) is 4.61. The monoisotopic (exact) mass is 539 g/mol. The standard InChI is InChI=1S/C27H25ClF3N7/c28-21-15-20(27(29,30)31)16-33-24(21)36-25-22(32)26(35-17-34-25)38-13-11-37(12-14-38)23(18-7-3-1-4-8-18)19-9-5-2-6-10-19/h1-10,15-17,23H,11-14,32H2,(H,33,34,35,36). The lowest BCUT2D eigenvalue weighted by Gasteiger charge is -2.40. The highest BCUT2D eigenvalue weighted by molar-refractivity contribution is 6.33. The highest BCUT2D eigenvalue weighted by Gasteiger charge is 2.32. The Morgan fingerprint density at radius 3 is 2.00 bits per heavy atom. The Labute approximate surface area is 223 Å². The van der Waals surface area contributed by atoms with Crippen molar-refractivity contribution in [1.29, 1.82) is 0 Å². The molecule has 7 nitrogen and oxygen atoms in total. The molecule has 4 aromatic rings. The van der Waals surface area contributed by atoms with Crippen LogP contribution in [0.1, 0.15) is 22.7 Å². The molecule has 38 heavy (non-hydrogen) atoms. The SMILES string of the molecule is Nc1c(Nc2ncc(C(F)(F)F)cc2Cl)ncnc1N1CCN(C(c2ccccc2)c2ccccc2)CC1. The molecule has 1 fully saturated rings. The van der Waals surface area contributed by atoms with E-state index in [1.54, 1.807) is 0 Å². The number of nitrogen functional groups attached to an aromatic ring is 1. The number of halogens is 4. The van der Waals surface area contributed by atoms with E-state index in [1.807, 2.05) is 12.1 Å². The number of piperazine rings is 1. The summed E-state index contributed by atoms with van der Waals surface area (Å²) in [6.45, 7) is 2.89. The van der Waals surface area contributed by atoms with Crippen LogP contribution >= 0.6 is 11.6 Å². The summed E-state index contributed by atoms with van der Waals surface area (Å²) in [5.74, 6) is 0.786. The summed E-state index contributed by atoms with van der Waals surface area (Å²) in [5.41, 5.74) is 8.17. The summed E-state index contributed by atoms with van der Waals surface area (Å²) in [6, 6.07) is 21.7. The fraction of sp³-hybridized carbons (Fsp3) is 0.222. The number of benzene rings is 2. The van der Waals surface area contributed by atoms with Crippen LogP contribution in [0, 0.1) is 0 Å². The van der Waals surface area contributed by atoms with Crippen molar-refractivity contribution in [2.75, 3.05) is 42.1 Å². The molecule has 0 radical (unpaired) electrons. The molecule has 3 heterocycles. The van der Waals surface area contributed by atoms with Gasteiger partial charge in [-0.2, -0.15) is 13.2 Å². The zero-order valence-electron chi connectivity index (χ0n) is 20.2. The minimum atomic E-state index is -4.54. The van der Waals surface area contributed by atoms with Gasteiger partial charge >= 0.3 is 6.18 Å². The number of aromatic nitrogens is 3. The Kier molecular flexibility index (Phi) is 7.35. The third-order valence-corrected chi connectivity index (χ3v) is 6.77. The van der Waals surface area contributed by atoms with Gasteiger partial charge in [-0.25, -0.2) is 15.0 Å². The first-order chi connectivity index (χ1) is 18.3. The van der Waals surface area contributed by atoms with E-state index in [0.29, 0.717) is 25.1 Å². The normalized spacial score (nSPS) is 14.6. The molecule has 0 unspecified atom stereocenters. The largest absolute Gasteiger partial charge is 0.417 e. The highest BCUT2D eigenvalue weighted by Crippen LogP contribution is 2.36. The van der Waals surface area contributed by atoms with Crippen molar-refractivity contribution in [3.63, 3.8) is 0 Å². The number of pyridine rings is 1. The van der Waals surface area contributed by atoms with Gasteiger partial charge in [-0.05, 0) is 17.2 Å². The predicted octanol–water partition coefficient (Wildman–Crippen LogP) is 5.78. The van der Waals surface area contributed by atoms with Crippen LogP contribution < -0.4 is 16.0 Å². The summed E-state index contributed by atoms with van der Waals surface area (Å²) < 4.78 is 38.9. The number of hydrogen-bond donors (Lipinski definition) is 2. The number of nitrogens with zero attached hydrogens (tertiary/aromatic N) is 5. The van der Waals surface area contributed by atoms with Gasteiger partial charge in [0.15, 0.2) is 11.6 Å². The van der Waals surface area contributed by atoms with Crippen LogP contribution in [0.2, 0.25) is 5.02 Å². The third-order valence-electron chi connectivity index (χ3n) is 6.48. The van der Waals surface area contributed by atoms with E-state index >= 15 is 0 Å². The minimum Gasteiger partial charge on any atom is -0.393 e. The molecule has 5 rings (SSSR count). The first-order valence-corrected chi connectivity index (χ1v) is 12.4. The zero-order chi connectivity index (χ0) is 26.7. The molecular formula is C27H25ClF3N7. The lowest BCUT2D eigenvalue weighted by molar-refractivity contribution is -0.137. The van der Waals surface area contributed by atoms with Gasteiger partial charge in [0, 0.05) is 32.4 Å². The molecule has 1 saturated heterocycles. The van der Waals surface area contributed by atoms with Gasteiger partial charge < -0.3 is 16.0 Å². The van der Waals surface area contributed by atoms with Crippen LogP contribution in [0.5, 0.6) is 0 Å². The van der Waals surface area contributed by atoms with Gasteiger partial charge in [-0.3, -0.25) is 4.90 Å². The molecule has 0 bridgehead atoms. The van der Waals surface area contributed by atoms with E-state index in [2.05, 4.69) is 78.6 Å². The summed E-state index contributed by atoms with van der Waals surface area (Å²) in [7, 11) is 0. The maximum atomic E-state index is 13.0. The van der Waals surface area contributed by atoms with E-state index in [1.165, 1.54) is 17.5 Å². The van der Waals surface area contributed by atoms with Gasteiger partial charge in [-0.1, -0.05) is 72.3 Å². The predicted molar refractivity (Wildman–Crippen MR) is 142 cm³/mol. The van der Waals surface area contributed by atoms with Crippen LogP contribution in [0.4, 0.5) is 36.3 Å². The van der Waals surface area contributed by atoms with Crippen molar-refractivity contribution in [3.05, 3.63) is 101 Å². The Hall–Kier alpha value is -3.89. The van der Waals surface area contributed by atoms with Crippen LogP contribution in [-0.2, 0) is 6.18 Å². The topological polar surface area (TPSA) is 83.2 Å². The quantitative estimate of drug-likeness (QED) is 0.321. The van der Waals surface area contributed by atoms with Crippen molar-refractivity contribution >= 4 is 34.7 Å². The van der Waals surface area contributed by atoms with Crippen molar-refractivity contribution in [3.8, 4) is 0 Å². The highest BCUT2D eigenvalue weighted by atomic mass is 35.5. The molecular weight excluding hydrogens is 515 g/mol. The molecule has 0 amide bonds. The average Bonchev–Trinajstić information content (AvgIpc) is 2.92. The van der Waals surface area contributed by atoms with E-state index in [0.717, 1.165) is 19.2 Å². The lowest BCUT2D eigenvalue weighted by Crippen LogP contribution is -2.48. The Balaban J connectivity index is 1.33. The summed E-state index contributed by atoms with van der Waals surface area (Å²) in [5, 5.41) is 2.65. The van der Waals surface area contributed by atoms with Gasteiger partial charge in [0.1, 0.15) is 17.8 Å². The number of nitrogens with one attached hydrogen (secondary N) is 1. The summed E-state index contributed by atoms with van der Waals surface area (Å²) in [4.78, 5) is 16.9. The van der Waals surface area contributed by atoms with E-state index < -0.39 is 11.7 Å². The molecule has 0 saturated carbocycles. The minimum absolute atomic E-state index is 0.0226. The Morgan fingerprint density at radius 1 is 0.842 bits per heavy atom. The van der Waals surface area contributed by atoms with Gasteiger partial charge in [0.2, 0.25) is 0 Å². The third kappa shape index (κ3) is 5.51. The smallest absolute Gasteiger partial charge is 0.393 e. The van der Waals surface area contributed by atoms with E-state index in [-0.39, 0.29) is 28.4 Å². The number of nitrogens with two attached hydrogens (primary N) is 1. The fourth-order valence-corrected chi connectivity index (χ4v) is 4.83. The summed E-state index contributed by atoms with van der Waals surface area (Å²) >= 11 is 6.05. The van der Waals surface area contributed by atoms with Gasteiger partial charge in [0.25, 0.3) is 0 Å². The average molecular weight is 540 g/mol. The number of alkyl halides is 3. The second-order valence-corrected chi connectivity index (χ2v) is 9.29. The second kappa shape index (κ2) is 10.8. The van der Waals surface area contributed by atoms with Crippen molar-refractivity contribution in [2.45, 2.75) is 12.2 Å². The van der Waals surface area contributed by atoms with Crippen molar-refractivity contribution in [2.24, 2.45) is 0 Å². The number of rotatable bonds is 6. The van der Waals surface area contributed by atoms with Crippen LogP contribution in [-0.4, -0.2) is 46.0 Å². The molecule has 1 aliphatic rings. The lowest BCUT2D eigenvalue weighted by atomic mass is 9.96. The first kappa shape index (κ1) is 25.7. The molecule has 3 N–H and O–H groups in total. The van der Waals surface area contributed by atoms with Crippen LogP contribution in [0.3, 0.4) is 0 Å². The van der Waals surface area contributed by atoms with Crippen molar-refractivity contribution in [1.82, 2.24) is 19.9 Å². The maximum absolute atomic E-state index is 13.0. The number of anilines is 4. The van der Waals surface area contributed by atoms with Crippen molar-refractivity contribution < 1.29 is 13.2 Å². The molecule has 11 heteroatoms. The maximum Gasteiger partial charge on any atom is 0.417 e. The number of hydrogen-bond acceptors (Lipinski definition) is 7. The second-order valence-electron chi connectivity index (χ2n) is 8.88. The molecule has 2 aromatic heterocycles. The molecule has 0 atom stereocenters. The summed E-state index contributed by atoms with van der Waals surface area (Å²) in [6.07, 6.45) is -2.48. The van der Waals surface area contributed by atoms with E-state index in [9.17, 15) is 13.2 Å². The molecule has 0 spiro atoms. The first-order valence-electron chi connectivity index (χ1n) is 12.0. The van der Waals surface area contributed by atoms with Crippen LogP contribution in [0.15, 0.2) is 79.3 Å². The molecule has 196 valence electrons. The Bertz CT molecular complexity index is 1340. The van der Waals surface area contributed by atoms with Gasteiger partial charge in [0.05, 0.1) is 16.6 Å². The van der Waals surface area contributed by atoms with Crippen LogP contribution in [0.25, 0.3) is 0 Å². The van der Waals surface area contributed by atoms with Gasteiger partial charge in [-0.15, -0.1) is 0 Å². The zero-order valence-corrected chi connectivity index (χ0v) is 21.0. The molecule has 1 aliphatic heterocycles. The Morgan fingerprint density at radius 2 is 1.45 bits per heavy atom. The molecule has 2 aromatic carbocycles.